The molecule has 0 aromatic rings. The van der Waals surface area contributed by atoms with Gasteiger partial charge in [-0.05, 0) is 5.04 Å². The fourth-order valence-electron chi connectivity index (χ4n) is 0.0412. The van der Waals surface area contributed by atoms with E-state index >= 15 is 0 Å². The van der Waals surface area contributed by atoms with Crippen LogP contribution in [-0.4, -0.2) is 11.2 Å². The van der Waals surface area contributed by atoms with Crippen molar-refractivity contribution in [3.8, 4) is 0 Å². The molecule has 0 aromatic carbocycles. The van der Waals surface area contributed by atoms with E-state index in [-0.39, 0.29) is 0 Å². The van der Waals surface area contributed by atoms with Crippen LogP contribution in [0.5, 0.6) is 0 Å². The fourth-order valence-corrected chi connectivity index (χ4v) is 0.0412. The molecule has 0 atom stereocenters. The van der Waals surface area contributed by atoms with Gasteiger partial charge in [0.2, 0.25) is 6.26 Å². The first-order valence-electron chi connectivity index (χ1n) is 1.08. The van der Waals surface area contributed by atoms with Gasteiger partial charge in [-0.15, -0.1) is 0 Å². The minimum atomic E-state index is 0.528. The third kappa shape index (κ3) is 3.17. The maximum atomic E-state index is 9.07. The number of hydrogen-bond donors (Lipinski definition) is 1. The van der Waals surface area contributed by atoms with Gasteiger partial charge in [0.25, 0.3) is 0 Å². The molecular weight excluding hydrogens is 88.0 g/mol. The standard InChI is InChI=1S/C2H2O4/c3-1-2-5-6-4/h2,4H. The smallest absolute Gasteiger partial charge is 0.215 e. The number of rotatable bonds is 2. The average Bonchev–Trinajstić information content (AvgIpc) is 1.61. The monoisotopic (exact) mass is 90.0 g/mol. The Kier molecular flexibility index (Phi) is 3.59. The fraction of sp³-hybridized carbons (Fsp3) is 0. The van der Waals surface area contributed by atoms with Crippen LogP contribution in [0.3, 0.4) is 0 Å². The molecule has 0 aromatic heterocycles. The van der Waals surface area contributed by atoms with Crippen LogP contribution in [0.25, 0.3) is 0 Å². The lowest BCUT2D eigenvalue weighted by Crippen LogP contribution is -1.75. The zero-order valence-electron chi connectivity index (χ0n) is 2.75. The van der Waals surface area contributed by atoms with Crippen molar-refractivity contribution in [3.63, 3.8) is 0 Å². The summed E-state index contributed by atoms with van der Waals surface area (Å²) in [6.07, 6.45) is 0.528. The summed E-state index contributed by atoms with van der Waals surface area (Å²) in [5.74, 6) is 1.19. The van der Waals surface area contributed by atoms with Gasteiger partial charge in [-0.3, -0.25) is 0 Å². The van der Waals surface area contributed by atoms with Crippen molar-refractivity contribution in [2.24, 2.45) is 0 Å². The van der Waals surface area contributed by atoms with E-state index in [4.69, 9.17) is 10.1 Å². The Bertz CT molecular complexity index is 61.9. The van der Waals surface area contributed by atoms with E-state index in [0.29, 0.717) is 6.26 Å². The molecular formula is C2H2O4. The minimum absolute atomic E-state index is 0.528. The Morgan fingerprint density at radius 1 is 1.83 bits per heavy atom. The Morgan fingerprint density at radius 2 is 2.50 bits per heavy atom. The SMILES string of the molecule is O=C=COOO. The van der Waals surface area contributed by atoms with Crippen molar-refractivity contribution in [1.29, 1.82) is 0 Å². The summed E-state index contributed by atoms with van der Waals surface area (Å²) in [4.78, 5) is 12.6. The van der Waals surface area contributed by atoms with Crippen molar-refractivity contribution >= 4 is 5.94 Å². The lowest BCUT2D eigenvalue weighted by atomic mass is 11.1. The highest BCUT2D eigenvalue weighted by Gasteiger charge is 1.63. The van der Waals surface area contributed by atoms with Crippen LogP contribution in [0.15, 0.2) is 6.26 Å². The zero-order chi connectivity index (χ0) is 4.83. The summed E-state index contributed by atoms with van der Waals surface area (Å²) in [5.41, 5.74) is 0. The summed E-state index contributed by atoms with van der Waals surface area (Å²) in [6, 6.07) is 0. The summed E-state index contributed by atoms with van der Waals surface area (Å²) in [6.45, 7) is 0. The second kappa shape index (κ2) is 4.17. The third-order valence-electron chi connectivity index (χ3n) is 0.139. The molecule has 0 amide bonds. The number of carbonyl (C=O) groups excluding carboxylic acids is 1. The molecule has 0 heterocycles. The first-order chi connectivity index (χ1) is 2.91. The van der Waals surface area contributed by atoms with Crippen LogP contribution in [0.2, 0.25) is 0 Å². The molecule has 0 fully saturated rings. The van der Waals surface area contributed by atoms with Crippen molar-refractivity contribution in [2.75, 3.05) is 0 Å². The summed E-state index contributed by atoms with van der Waals surface area (Å²) in [5, 5.41) is 10.2. The maximum absolute atomic E-state index is 9.07. The van der Waals surface area contributed by atoms with E-state index in [1.807, 2.05) is 0 Å². The van der Waals surface area contributed by atoms with E-state index in [1.54, 1.807) is 0 Å². The van der Waals surface area contributed by atoms with Crippen LogP contribution in [0, 0.1) is 0 Å². The van der Waals surface area contributed by atoms with E-state index in [0.717, 1.165) is 0 Å². The third-order valence-corrected chi connectivity index (χ3v) is 0.139. The first kappa shape index (κ1) is 5.17. The molecule has 0 aliphatic heterocycles. The second-order valence-corrected chi connectivity index (χ2v) is 0.406. The van der Waals surface area contributed by atoms with Crippen LogP contribution in [0.4, 0.5) is 0 Å². The molecule has 0 saturated carbocycles. The van der Waals surface area contributed by atoms with Crippen molar-refractivity contribution < 1.29 is 20.0 Å². The Labute approximate surface area is 33.5 Å². The molecule has 6 heavy (non-hydrogen) atoms. The largest absolute Gasteiger partial charge is 0.304 e. The van der Waals surface area contributed by atoms with Crippen molar-refractivity contribution in [3.05, 3.63) is 6.26 Å². The molecule has 0 bridgehead atoms. The molecule has 0 saturated heterocycles. The van der Waals surface area contributed by atoms with Gasteiger partial charge >= 0.3 is 0 Å². The molecule has 34 valence electrons. The average molecular weight is 90.0 g/mol. The predicted molar refractivity (Wildman–Crippen MR) is 15.1 cm³/mol. The quantitative estimate of drug-likeness (QED) is 0.220. The maximum Gasteiger partial charge on any atom is 0.215 e. The van der Waals surface area contributed by atoms with Crippen LogP contribution in [0.1, 0.15) is 0 Å². The minimum Gasteiger partial charge on any atom is -0.304 e. The molecule has 0 radical (unpaired) electrons. The van der Waals surface area contributed by atoms with Crippen molar-refractivity contribution in [1.82, 2.24) is 0 Å². The molecule has 0 rings (SSSR count). The van der Waals surface area contributed by atoms with E-state index < -0.39 is 0 Å². The Morgan fingerprint density at radius 3 is 2.67 bits per heavy atom. The predicted octanol–water partition coefficient (Wildman–Crippen LogP) is -0.247. The van der Waals surface area contributed by atoms with E-state index in [1.165, 1.54) is 5.94 Å². The molecule has 0 aliphatic rings. The summed E-state index contributed by atoms with van der Waals surface area (Å²) >= 11 is 0. The number of hydrogen-bond acceptors (Lipinski definition) is 4. The van der Waals surface area contributed by atoms with Crippen LogP contribution in [-0.2, 0) is 14.7 Å². The van der Waals surface area contributed by atoms with E-state index in [2.05, 4.69) is 9.93 Å². The normalized spacial score (nSPS) is 6.17. The highest BCUT2D eigenvalue weighted by Crippen LogP contribution is 1.63. The van der Waals surface area contributed by atoms with Gasteiger partial charge in [-0.2, -0.15) is 0 Å². The van der Waals surface area contributed by atoms with Gasteiger partial charge in [-0.25, -0.2) is 10.1 Å². The summed E-state index contributed by atoms with van der Waals surface area (Å²) in [7, 11) is 0. The highest BCUT2D eigenvalue weighted by molar-refractivity contribution is 5.41. The lowest BCUT2D eigenvalue weighted by Gasteiger charge is -1.78. The van der Waals surface area contributed by atoms with E-state index in [9.17, 15) is 0 Å². The molecule has 0 unspecified atom stereocenters. The van der Waals surface area contributed by atoms with Gasteiger partial charge in [0.15, 0.2) is 5.94 Å². The molecule has 4 nitrogen and oxygen atoms in total. The lowest BCUT2D eigenvalue weighted by molar-refractivity contribution is -0.464. The second-order valence-electron chi connectivity index (χ2n) is 0.406. The molecule has 4 heteroatoms. The van der Waals surface area contributed by atoms with Gasteiger partial charge in [0, 0.05) is 0 Å². The van der Waals surface area contributed by atoms with Gasteiger partial charge in [-0.1, -0.05) is 0 Å². The zero-order valence-corrected chi connectivity index (χ0v) is 2.75. The Hall–Kier alpha value is -0.830. The topological polar surface area (TPSA) is 55.8 Å². The molecule has 0 spiro atoms. The molecule has 1 N–H and O–H groups in total. The van der Waals surface area contributed by atoms with Crippen LogP contribution >= 0.6 is 0 Å². The first-order valence-corrected chi connectivity index (χ1v) is 1.08. The highest BCUT2D eigenvalue weighted by atomic mass is 17.5. The van der Waals surface area contributed by atoms with Gasteiger partial charge in [0.1, 0.15) is 0 Å². The van der Waals surface area contributed by atoms with Crippen LogP contribution < -0.4 is 0 Å². The van der Waals surface area contributed by atoms with Crippen molar-refractivity contribution in [2.45, 2.75) is 0 Å². The van der Waals surface area contributed by atoms with Gasteiger partial charge in [0.05, 0.1) is 0 Å². The Balaban J connectivity index is 2.86. The van der Waals surface area contributed by atoms with Gasteiger partial charge < -0.3 is 4.89 Å². The summed E-state index contributed by atoms with van der Waals surface area (Å²) < 4.78 is 0. The molecule has 0 aliphatic carbocycles.